The van der Waals surface area contributed by atoms with E-state index in [9.17, 15) is 4.79 Å². The first kappa shape index (κ1) is 17.5. The molecule has 1 saturated heterocycles. The van der Waals surface area contributed by atoms with Crippen LogP contribution in [0.1, 0.15) is 29.7 Å². The van der Waals surface area contributed by atoms with Crippen molar-refractivity contribution >= 4 is 11.7 Å². The van der Waals surface area contributed by atoms with Gasteiger partial charge in [0.25, 0.3) is 0 Å². The van der Waals surface area contributed by atoms with Crippen LogP contribution >= 0.6 is 0 Å². The summed E-state index contributed by atoms with van der Waals surface area (Å²) in [5, 5.41) is 7.18. The fourth-order valence-electron chi connectivity index (χ4n) is 3.06. The largest absolute Gasteiger partial charge is 0.376 e. The Morgan fingerprint density at radius 1 is 1.40 bits per heavy atom. The van der Waals surface area contributed by atoms with Crippen LogP contribution < -0.4 is 5.32 Å². The van der Waals surface area contributed by atoms with Crippen molar-refractivity contribution in [2.75, 3.05) is 18.5 Å². The molecule has 0 bridgehead atoms. The number of carbonyl (C=O) groups is 1. The number of nitrogens with one attached hydrogen (secondary N) is 1. The average molecular weight is 342 g/mol. The Balaban J connectivity index is 1.75. The summed E-state index contributed by atoms with van der Waals surface area (Å²) in [5.74, 6) is 0. The van der Waals surface area contributed by atoms with Gasteiger partial charge in [0.15, 0.2) is 0 Å². The molecule has 2 heterocycles. The number of hydrogen-bond acceptors (Lipinski definition) is 3. The Morgan fingerprint density at radius 3 is 2.84 bits per heavy atom. The second kappa shape index (κ2) is 7.70. The highest BCUT2D eigenvalue weighted by molar-refractivity contribution is 5.89. The summed E-state index contributed by atoms with van der Waals surface area (Å²) in [5.41, 5.74) is 4.01. The van der Waals surface area contributed by atoms with Gasteiger partial charge in [-0.15, -0.1) is 0 Å². The van der Waals surface area contributed by atoms with E-state index >= 15 is 0 Å². The number of benzene rings is 1. The van der Waals surface area contributed by atoms with Gasteiger partial charge in [0, 0.05) is 26.7 Å². The zero-order chi connectivity index (χ0) is 17.8. The van der Waals surface area contributed by atoms with Crippen molar-refractivity contribution in [3.63, 3.8) is 0 Å². The first-order chi connectivity index (χ1) is 12.0. The number of amides is 2. The van der Waals surface area contributed by atoms with Gasteiger partial charge in [0.1, 0.15) is 0 Å². The first-order valence-corrected chi connectivity index (χ1v) is 8.75. The number of anilines is 1. The lowest BCUT2D eigenvalue weighted by Gasteiger charge is -2.26. The van der Waals surface area contributed by atoms with Gasteiger partial charge in [0.05, 0.1) is 23.7 Å². The van der Waals surface area contributed by atoms with Crippen LogP contribution in [0.25, 0.3) is 0 Å². The van der Waals surface area contributed by atoms with Gasteiger partial charge in [0.2, 0.25) is 0 Å². The highest BCUT2D eigenvalue weighted by Gasteiger charge is 2.24. The molecule has 2 aromatic rings. The number of ether oxygens (including phenoxy) is 1. The molecule has 2 amide bonds. The second-order valence-corrected chi connectivity index (χ2v) is 6.64. The van der Waals surface area contributed by atoms with Crippen LogP contribution in [0.2, 0.25) is 0 Å². The Morgan fingerprint density at radius 2 is 2.20 bits per heavy atom. The van der Waals surface area contributed by atoms with Gasteiger partial charge in [-0.1, -0.05) is 24.3 Å². The van der Waals surface area contributed by atoms with E-state index in [2.05, 4.69) is 29.5 Å². The zero-order valence-corrected chi connectivity index (χ0v) is 15.2. The van der Waals surface area contributed by atoms with E-state index in [-0.39, 0.29) is 12.1 Å². The van der Waals surface area contributed by atoms with E-state index in [4.69, 9.17) is 4.74 Å². The van der Waals surface area contributed by atoms with Gasteiger partial charge >= 0.3 is 6.03 Å². The summed E-state index contributed by atoms with van der Waals surface area (Å²) in [4.78, 5) is 14.7. The van der Waals surface area contributed by atoms with Crippen LogP contribution in [0.4, 0.5) is 10.5 Å². The molecule has 25 heavy (non-hydrogen) atoms. The molecule has 1 aromatic carbocycles. The smallest absolute Gasteiger partial charge is 0.322 e. The maximum Gasteiger partial charge on any atom is 0.322 e. The van der Waals surface area contributed by atoms with E-state index in [0.717, 1.165) is 36.4 Å². The van der Waals surface area contributed by atoms with Crippen molar-refractivity contribution in [1.82, 2.24) is 14.7 Å². The summed E-state index contributed by atoms with van der Waals surface area (Å²) in [6.07, 6.45) is 3.87. The Kier molecular flexibility index (Phi) is 5.38. The zero-order valence-electron chi connectivity index (χ0n) is 15.2. The maximum absolute atomic E-state index is 12.9. The van der Waals surface area contributed by atoms with Crippen LogP contribution in [0, 0.1) is 13.8 Å². The number of urea groups is 1. The Labute approximate surface area is 148 Å². The third-order valence-electron chi connectivity index (χ3n) is 4.83. The van der Waals surface area contributed by atoms with Crippen LogP contribution in [0.15, 0.2) is 30.5 Å². The van der Waals surface area contributed by atoms with Crippen molar-refractivity contribution in [3.8, 4) is 0 Å². The second-order valence-electron chi connectivity index (χ2n) is 6.64. The van der Waals surface area contributed by atoms with E-state index in [0.29, 0.717) is 13.1 Å². The molecular formula is C19H26N4O2. The van der Waals surface area contributed by atoms with E-state index in [1.807, 2.05) is 31.0 Å². The summed E-state index contributed by atoms with van der Waals surface area (Å²) < 4.78 is 7.49. The van der Waals surface area contributed by atoms with Crippen LogP contribution in [-0.4, -0.2) is 40.0 Å². The minimum absolute atomic E-state index is 0.116. The number of nitrogens with zero attached hydrogens (tertiary/aromatic N) is 3. The molecule has 6 nitrogen and oxygen atoms in total. The van der Waals surface area contributed by atoms with Crippen LogP contribution in [0.5, 0.6) is 0 Å². The van der Waals surface area contributed by atoms with Crippen LogP contribution in [-0.2, 0) is 18.3 Å². The monoisotopic (exact) mass is 342 g/mol. The van der Waals surface area contributed by atoms with Gasteiger partial charge in [-0.2, -0.15) is 5.10 Å². The molecule has 0 unspecified atom stereocenters. The Bertz CT molecular complexity index is 735. The van der Waals surface area contributed by atoms with Crippen molar-refractivity contribution in [3.05, 3.63) is 47.3 Å². The van der Waals surface area contributed by atoms with Crippen molar-refractivity contribution < 1.29 is 9.53 Å². The standard InChI is InChI=1S/C19H26N4O2/c1-14-7-4-5-8-16(14)12-23(13-17-9-6-10-25-17)19(24)21-18-11-20-22(3)15(18)2/h4-5,7-8,11,17H,6,9-10,12-13H2,1-3H3,(H,21,24)/t17-/m0/s1. The topological polar surface area (TPSA) is 59.4 Å². The average Bonchev–Trinajstić information content (AvgIpc) is 3.21. The van der Waals surface area contributed by atoms with E-state index < -0.39 is 0 Å². The molecular weight excluding hydrogens is 316 g/mol. The fourth-order valence-corrected chi connectivity index (χ4v) is 3.06. The number of rotatable bonds is 5. The minimum atomic E-state index is -0.116. The van der Waals surface area contributed by atoms with Gasteiger partial charge in [-0.3, -0.25) is 4.68 Å². The summed E-state index contributed by atoms with van der Waals surface area (Å²) in [6.45, 7) is 5.96. The molecule has 134 valence electrons. The normalized spacial score (nSPS) is 16.8. The number of carbonyl (C=O) groups excluding carboxylic acids is 1. The van der Waals surface area contributed by atoms with Crippen LogP contribution in [0.3, 0.4) is 0 Å². The molecule has 1 fully saturated rings. The minimum Gasteiger partial charge on any atom is -0.376 e. The molecule has 1 N–H and O–H groups in total. The molecule has 0 spiro atoms. The SMILES string of the molecule is Cc1ccccc1CN(C[C@@H]1CCCO1)C(=O)Nc1cnn(C)c1C. The maximum atomic E-state index is 12.9. The molecule has 0 aliphatic carbocycles. The molecule has 1 aliphatic heterocycles. The van der Waals surface area contributed by atoms with Gasteiger partial charge in [-0.25, -0.2) is 4.79 Å². The predicted molar refractivity (Wildman–Crippen MR) is 97.5 cm³/mol. The quantitative estimate of drug-likeness (QED) is 0.907. The molecule has 1 aliphatic rings. The molecule has 0 saturated carbocycles. The van der Waals surface area contributed by atoms with Crippen molar-refractivity contribution in [2.45, 2.75) is 39.3 Å². The molecule has 1 atom stereocenters. The summed E-state index contributed by atoms with van der Waals surface area (Å²) >= 11 is 0. The molecule has 1 aromatic heterocycles. The molecule has 3 rings (SSSR count). The summed E-state index contributed by atoms with van der Waals surface area (Å²) in [7, 11) is 1.86. The molecule has 6 heteroatoms. The fraction of sp³-hybridized carbons (Fsp3) is 0.474. The Hall–Kier alpha value is -2.34. The summed E-state index contributed by atoms with van der Waals surface area (Å²) in [6, 6.07) is 8.05. The van der Waals surface area contributed by atoms with E-state index in [1.54, 1.807) is 10.9 Å². The van der Waals surface area contributed by atoms with Crippen molar-refractivity contribution in [2.24, 2.45) is 7.05 Å². The van der Waals surface area contributed by atoms with Gasteiger partial charge in [-0.05, 0) is 37.8 Å². The highest BCUT2D eigenvalue weighted by Crippen LogP contribution is 2.19. The number of hydrogen-bond donors (Lipinski definition) is 1. The third-order valence-corrected chi connectivity index (χ3v) is 4.83. The van der Waals surface area contributed by atoms with E-state index in [1.165, 1.54) is 5.56 Å². The van der Waals surface area contributed by atoms with Crippen molar-refractivity contribution in [1.29, 1.82) is 0 Å². The van der Waals surface area contributed by atoms with Gasteiger partial charge < -0.3 is 15.0 Å². The lowest BCUT2D eigenvalue weighted by molar-refractivity contribution is 0.0819. The lowest BCUT2D eigenvalue weighted by Crippen LogP contribution is -2.39. The first-order valence-electron chi connectivity index (χ1n) is 8.75. The predicted octanol–water partition coefficient (Wildman–Crippen LogP) is 3.25. The lowest BCUT2D eigenvalue weighted by atomic mass is 10.1. The number of aryl methyl sites for hydroxylation is 2. The molecule has 0 radical (unpaired) electrons. The highest BCUT2D eigenvalue weighted by atomic mass is 16.5. The third kappa shape index (κ3) is 4.20. The number of aromatic nitrogens is 2.